The molecular formula is C12H16O4. The second-order valence-electron chi connectivity index (χ2n) is 4.38. The lowest BCUT2D eigenvalue weighted by molar-refractivity contribution is 0.00668. The fraction of sp³-hybridized carbons (Fsp3) is 0.417. The predicted molar refractivity (Wildman–Crippen MR) is 59.8 cm³/mol. The third kappa shape index (κ3) is 3.15. The van der Waals surface area contributed by atoms with Crippen LogP contribution in [0.4, 0.5) is 0 Å². The minimum atomic E-state index is -0.580. The Hall–Kier alpha value is -1.71. The van der Waals surface area contributed by atoms with Crippen LogP contribution in [0.15, 0.2) is 18.2 Å². The zero-order valence-corrected chi connectivity index (χ0v) is 9.90. The van der Waals surface area contributed by atoms with Gasteiger partial charge in [-0.2, -0.15) is 0 Å². The predicted octanol–water partition coefficient (Wildman–Crippen LogP) is 2.36. The molecule has 0 aliphatic carbocycles. The number of hydrogen-bond acceptors (Lipinski definition) is 4. The molecule has 0 saturated carbocycles. The highest BCUT2D eigenvalue weighted by Crippen LogP contribution is 2.25. The van der Waals surface area contributed by atoms with Crippen LogP contribution >= 0.6 is 0 Å². The number of phenols is 1. The maximum atomic E-state index is 11.7. The molecule has 0 unspecified atom stereocenters. The van der Waals surface area contributed by atoms with Crippen molar-refractivity contribution >= 4 is 5.97 Å². The van der Waals surface area contributed by atoms with Gasteiger partial charge in [-0.05, 0) is 32.9 Å². The summed E-state index contributed by atoms with van der Waals surface area (Å²) in [7, 11) is 1.49. The number of carbonyl (C=O) groups excluding carboxylic acids is 1. The highest BCUT2D eigenvalue weighted by Gasteiger charge is 2.20. The second kappa shape index (κ2) is 4.43. The van der Waals surface area contributed by atoms with E-state index < -0.39 is 11.6 Å². The van der Waals surface area contributed by atoms with E-state index in [0.717, 1.165) is 0 Å². The van der Waals surface area contributed by atoms with Gasteiger partial charge in [0.1, 0.15) is 22.7 Å². The van der Waals surface area contributed by atoms with E-state index in [1.807, 2.05) is 0 Å². The van der Waals surface area contributed by atoms with Gasteiger partial charge in [-0.3, -0.25) is 0 Å². The molecule has 0 aliphatic heterocycles. The molecule has 0 radical (unpaired) electrons. The summed E-state index contributed by atoms with van der Waals surface area (Å²) in [5.74, 6) is -0.203. The van der Waals surface area contributed by atoms with Crippen molar-refractivity contribution in [3.05, 3.63) is 23.8 Å². The van der Waals surface area contributed by atoms with E-state index in [0.29, 0.717) is 5.75 Å². The molecule has 16 heavy (non-hydrogen) atoms. The van der Waals surface area contributed by atoms with Crippen molar-refractivity contribution in [1.29, 1.82) is 0 Å². The van der Waals surface area contributed by atoms with Gasteiger partial charge in [-0.1, -0.05) is 0 Å². The third-order valence-corrected chi connectivity index (χ3v) is 1.82. The molecule has 1 aromatic carbocycles. The van der Waals surface area contributed by atoms with Gasteiger partial charge in [-0.25, -0.2) is 4.79 Å². The van der Waals surface area contributed by atoms with Crippen molar-refractivity contribution < 1.29 is 19.4 Å². The SMILES string of the molecule is COc1ccc(C(=O)OC(C)(C)C)c(O)c1. The maximum Gasteiger partial charge on any atom is 0.342 e. The fourth-order valence-electron chi connectivity index (χ4n) is 1.14. The Morgan fingerprint density at radius 1 is 1.31 bits per heavy atom. The van der Waals surface area contributed by atoms with Crippen LogP contribution in [-0.2, 0) is 4.74 Å². The molecule has 0 amide bonds. The van der Waals surface area contributed by atoms with Gasteiger partial charge in [0, 0.05) is 6.07 Å². The van der Waals surface area contributed by atoms with Gasteiger partial charge >= 0.3 is 5.97 Å². The summed E-state index contributed by atoms with van der Waals surface area (Å²) in [6.45, 7) is 5.31. The van der Waals surface area contributed by atoms with Crippen LogP contribution in [-0.4, -0.2) is 23.8 Å². The molecule has 4 nitrogen and oxygen atoms in total. The first-order chi connectivity index (χ1) is 7.33. The van der Waals surface area contributed by atoms with E-state index in [1.165, 1.54) is 19.2 Å². The van der Waals surface area contributed by atoms with Crippen LogP contribution in [0.5, 0.6) is 11.5 Å². The maximum absolute atomic E-state index is 11.7. The minimum absolute atomic E-state index is 0.135. The molecule has 1 N–H and O–H groups in total. The van der Waals surface area contributed by atoms with Crippen LogP contribution in [0, 0.1) is 0 Å². The summed E-state index contributed by atoms with van der Waals surface area (Å²) in [5.41, 5.74) is -0.445. The number of aromatic hydroxyl groups is 1. The Morgan fingerprint density at radius 3 is 2.38 bits per heavy atom. The van der Waals surface area contributed by atoms with Crippen molar-refractivity contribution in [2.24, 2.45) is 0 Å². The molecule has 0 heterocycles. The van der Waals surface area contributed by atoms with E-state index in [1.54, 1.807) is 26.8 Å². The normalized spacial score (nSPS) is 11.0. The molecule has 0 aromatic heterocycles. The van der Waals surface area contributed by atoms with Crippen LogP contribution in [0.1, 0.15) is 31.1 Å². The smallest absolute Gasteiger partial charge is 0.342 e. The molecular weight excluding hydrogens is 208 g/mol. The number of hydrogen-bond donors (Lipinski definition) is 1. The number of esters is 1. The second-order valence-corrected chi connectivity index (χ2v) is 4.38. The molecule has 0 fully saturated rings. The molecule has 0 atom stereocenters. The number of ether oxygens (including phenoxy) is 2. The van der Waals surface area contributed by atoms with Crippen LogP contribution < -0.4 is 4.74 Å². The lowest BCUT2D eigenvalue weighted by Gasteiger charge is -2.19. The summed E-state index contributed by atoms with van der Waals surface area (Å²) < 4.78 is 10.1. The lowest BCUT2D eigenvalue weighted by Crippen LogP contribution is -2.23. The number of methoxy groups -OCH3 is 1. The molecule has 88 valence electrons. The van der Waals surface area contributed by atoms with Gasteiger partial charge in [0.25, 0.3) is 0 Å². The summed E-state index contributed by atoms with van der Waals surface area (Å²) >= 11 is 0. The number of phenolic OH excluding ortho intramolecular Hbond substituents is 1. The average Bonchev–Trinajstić information content (AvgIpc) is 2.14. The molecule has 4 heteroatoms. The number of benzene rings is 1. The highest BCUT2D eigenvalue weighted by molar-refractivity contribution is 5.92. The molecule has 0 aliphatic rings. The van der Waals surface area contributed by atoms with E-state index in [2.05, 4.69) is 0 Å². The zero-order chi connectivity index (χ0) is 12.3. The van der Waals surface area contributed by atoms with Crippen molar-refractivity contribution in [3.8, 4) is 11.5 Å². The van der Waals surface area contributed by atoms with Crippen LogP contribution in [0.25, 0.3) is 0 Å². The van der Waals surface area contributed by atoms with E-state index >= 15 is 0 Å². The molecule has 0 bridgehead atoms. The summed E-state index contributed by atoms with van der Waals surface area (Å²) in [5, 5.41) is 9.61. The monoisotopic (exact) mass is 224 g/mol. The van der Waals surface area contributed by atoms with Gasteiger partial charge in [-0.15, -0.1) is 0 Å². The first-order valence-electron chi connectivity index (χ1n) is 4.94. The summed E-state index contributed by atoms with van der Waals surface area (Å²) in [6, 6.07) is 4.44. The molecule has 0 saturated heterocycles. The largest absolute Gasteiger partial charge is 0.507 e. The fourth-order valence-corrected chi connectivity index (χ4v) is 1.14. The Balaban J connectivity index is 2.93. The molecule has 1 rings (SSSR count). The lowest BCUT2D eigenvalue weighted by atomic mass is 10.1. The summed E-state index contributed by atoms with van der Waals surface area (Å²) in [6.07, 6.45) is 0. The Labute approximate surface area is 94.8 Å². The average molecular weight is 224 g/mol. The van der Waals surface area contributed by atoms with Crippen molar-refractivity contribution in [3.63, 3.8) is 0 Å². The Morgan fingerprint density at radius 2 is 1.94 bits per heavy atom. The van der Waals surface area contributed by atoms with Gasteiger partial charge in [0.15, 0.2) is 0 Å². The van der Waals surface area contributed by atoms with E-state index in [9.17, 15) is 9.90 Å². The van der Waals surface area contributed by atoms with Crippen molar-refractivity contribution in [2.45, 2.75) is 26.4 Å². The quantitative estimate of drug-likeness (QED) is 0.783. The van der Waals surface area contributed by atoms with Gasteiger partial charge in [0.2, 0.25) is 0 Å². The Bertz CT molecular complexity index is 390. The topological polar surface area (TPSA) is 55.8 Å². The first kappa shape index (κ1) is 12.4. The third-order valence-electron chi connectivity index (χ3n) is 1.82. The number of carbonyl (C=O) groups is 1. The minimum Gasteiger partial charge on any atom is -0.507 e. The van der Waals surface area contributed by atoms with E-state index in [-0.39, 0.29) is 11.3 Å². The highest BCUT2D eigenvalue weighted by atomic mass is 16.6. The van der Waals surface area contributed by atoms with Crippen molar-refractivity contribution in [1.82, 2.24) is 0 Å². The number of rotatable bonds is 2. The molecule has 0 spiro atoms. The first-order valence-corrected chi connectivity index (χ1v) is 4.94. The standard InChI is InChI=1S/C12H16O4/c1-12(2,3)16-11(14)9-6-5-8(15-4)7-10(9)13/h5-7,13H,1-4H3. The summed E-state index contributed by atoms with van der Waals surface area (Å²) in [4.78, 5) is 11.7. The van der Waals surface area contributed by atoms with Gasteiger partial charge < -0.3 is 14.6 Å². The van der Waals surface area contributed by atoms with Crippen molar-refractivity contribution in [2.75, 3.05) is 7.11 Å². The Kier molecular flexibility index (Phi) is 3.42. The van der Waals surface area contributed by atoms with E-state index in [4.69, 9.17) is 9.47 Å². The van der Waals surface area contributed by atoms with Crippen LogP contribution in [0.3, 0.4) is 0 Å². The van der Waals surface area contributed by atoms with Crippen LogP contribution in [0.2, 0.25) is 0 Å². The zero-order valence-electron chi connectivity index (χ0n) is 9.90. The molecule has 1 aromatic rings. The van der Waals surface area contributed by atoms with Gasteiger partial charge in [0.05, 0.1) is 7.11 Å².